The molecule has 1 N–H and O–H groups in total. The molecular weight excluding hydrogens is 254 g/mol. The van der Waals surface area contributed by atoms with Crippen LogP contribution in [0.2, 0.25) is 0 Å². The lowest BCUT2D eigenvalue weighted by atomic mass is 9.99. The van der Waals surface area contributed by atoms with Gasteiger partial charge < -0.3 is 9.84 Å². The average Bonchev–Trinajstić information content (AvgIpc) is 2.97. The van der Waals surface area contributed by atoms with Gasteiger partial charge in [-0.15, -0.1) is 0 Å². The Labute approximate surface area is 120 Å². The fraction of sp³-hybridized carbons (Fsp3) is 0.562. The second-order valence-corrected chi connectivity index (χ2v) is 5.30. The Kier molecular flexibility index (Phi) is 5.01. The van der Waals surface area contributed by atoms with Gasteiger partial charge in [-0.2, -0.15) is 0 Å². The van der Waals surface area contributed by atoms with Crippen molar-refractivity contribution in [3.63, 3.8) is 0 Å². The van der Waals surface area contributed by atoms with Gasteiger partial charge in [0, 0.05) is 5.56 Å². The first-order valence-corrected chi connectivity index (χ1v) is 7.32. The molecule has 1 atom stereocenters. The topological polar surface area (TPSA) is 49.8 Å². The summed E-state index contributed by atoms with van der Waals surface area (Å²) in [6, 6.07) is 4.84. The number of Topliss-reactive ketones (excluding diaryl/α,β-unsaturated/α-hetero) is 1. The maximum absolute atomic E-state index is 12.7. The summed E-state index contributed by atoms with van der Waals surface area (Å²) in [5.74, 6) is 0.525. The number of hydrogen-bond donors (Lipinski definition) is 1. The van der Waals surface area contributed by atoms with E-state index in [1.807, 2.05) is 0 Å². The Hall–Kier alpha value is -1.55. The summed E-state index contributed by atoms with van der Waals surface area (Å²) in [7, 11) is 1.50. The lowest BCUT2D eigenvalue weighted by Crippen LogP contribution is -2.39. The van der Waals surface area contributed by atoms with Gasteiger partial charge in [0.25, 0.3) is 0 Å². The second kappa shape index (κ2) is 6.75. The van der Waals surface area contributed by atoms with Crippen molar-refractivity contribution in [1.82, 2.24) is 4.90 Å². The van der Waals surface area contributed by atoms with Gasteiger partial charge in [0.05, 0.1) is 13.2 Å². The fourth-order valence-electron chi connectivity index (χ4n) is 2.84. The van der Waals surface area contributed by atoms with E-state index in [1.165, 1.54) is 26.0 Å². The van der Waals surface area contributed by atoms with Gasteiger partial charge in [0.2, 0.25) is 0 Å². The van der Waals surface area contributed by atoms with Crippen LogP contribution in [-0.4, -0.2) is 42.0 Å². The van der Waals surface area contributed by atoms with Crippen LogP contribution in [0.25, 0.3) is 0 Å². The molecule has 4 heteroatoms. The van der Waals surface area contributed by atoms with Crippen molar-refractivity contribution in [3.05, 3.63) is 23.8 Å². The zero-order valence-electron chi connectivity index (χ0n) is 12.3. The number of nitrogens with zero attached hydrogens (tertiary/aromatic N) is 1. The standard InChI is InChI=1S/C16H23NO3/c1-3-6-13(17-9-4-5-10-17)16(19)12-7-8-15(20-2)14(18)11-12/h7-8,11,13,18H,3-6,9-10H2,1-2H3. The first-order valence-electron chi connectivity index (χ1n) is 7.32. The summed E-state index contributed by atoms with van der Waals surface area (Å²) in [4.78, 5) is 15.0. The molecule has 1 aliphatic rings. The molecule has 1 fully saturated rings. The number of phenols is 1. The van der Waals surface area contributed by atoms with Crippen LogP contribution in [0, 0.1) is 0 Å². The molecule has 0 spiro atoms. The number of ketones is 1. The van der Waals surface area contributed by atoms with Crippen molar-refractivity contribution < 1.29 is 14.6 Å². The van der Waals surface area contributed by atoms with E-state index >= 15 is 0 Å². The minimum absolute atomic E-state index is 0.0232. The number of phenolic OH excluding ortho intramolecular Hbond substituents is 1. The Morgan fingerprint density at radius 1 is 1.40 bits per heavy atom. The van der Waals surface area contributed by atoms with Crippen molar-refractivity contribution >= 4 is 5.78 Å². The number of ether oxygens (including phenoxy) is 1. The van der Waals surface area contributed by atoms with Crippen LogP contribution in [0.1, 0.15) is 43.0 Å². The summed E-state index contributed by atoms with van der Waals surface area (Å²) < 4.78 is 5.02. The summed E-state index contributed by atoms with van der Waals surface area (Å²) in [6.07, 6.45) is 4.18. The van der Waals surface area contributed by atoms with Crippen LogP contribution in [0.5, 0.6) is 11.5 Å². The van der Waals surface area contributed by atoms with Crippen LogP contribution >= 0.6 is 0 Å². The second-order valence-electron chi connectivity index (χ2n) is 5.30. The van der Waals surface area contributed by atoms with Gasteiger partial charge in [0.15, 0.2) is 17.3 Å². The zero-order chi connectivity index (χ0) is 14.5. The first kappa shape index (κ1) is 14.9. The highest BCUT2D eigenvalue weighted by Gasteiger charge is 2.28. The third kappa shape index (κ3) is 3.12. The van der Waals surface area contributed by atoms with Crippen LogP contribution in [0.3, 0.4) is 0 Å². The van der Waals surface area contributed by atoms with Crippen molar-refractivity contribution in [1.29, 1.82) is 0 Å². The van der Waals surface area contributed by atoms with Gasteiger partial charge in [-0.1, -0.05) is 13.3 Å². The molecule has 1 saturated heterocycles. The number of benzene rings is 1. The lowest BCUT2D eigenvalue weighted by Gasteiger charge is -2.26. The Morgan fingerprint density at radius 2 is 2.10 bits per heavy atom. The molecule has 0 radical (unpaired) electrons. The third-order valence-corrected chi connectivity index (χ3v) is 3.91. The molecule has 0 aromatic heterocycles. The molecule has 20 heavy (non-hydrogen) atoms. The molecule has 1 aromatic carbocycles. The number of rotatable bonds is 6. The number of likely N-dealkylation sites (tertiary alicyclic amines) is 1. The summed E-state index contributed by atoms with van der Waals surface area (Å²) >= 11 is 0. The number of carbonyl (C=O) groups is 1. The highest BCUT2D eigenvalue weighted by Crippen LogP contribution is 2.28. The van der Waals surface area contributed by atoms with E-state index in [4.69, 9.17) is 4.74 Å². The van der Waals surface area contributed by atoms with E-state index in [0.717, 1.165) is 25.9 Å². The Balaban J connectivity index is 2.20. The van der Waals surface area contributed by atoms with Crippen molar-refractivity contribution in [2.75, 3.05) is 20.2 Å². The minimum Gasteiger partial charge on any atom is -0.504 e. The van der Waals surface area contributed by atoms with Crippen LogP contribution in [0.4, 0.5) is 0 Å². The third-order valence-electron chi connectivity index (χ3n) is 3.91. The highest BCUT2D eigenvalue weighted by atomic mass is 16.5. The van der Waals surface area contributed by atoms with E-state index in [0.29, 0.717) is 11.3 Å². The predicted octanol–water partition coefficient (Wildman–Crippen LogP) is 2.85. The molecule has 1 aromatic rings. The number of aromatic hydroxyl groups is 1. The molecule has 110 valence electrons. The summed E-state index contributed by atoms with van der Waals surface area (Å²) in [5.41, 5.74) is 0.564. The molecule has 1 unspecified atom stereocenters. The molecule has 0 aliphatic carbocycles. The lowest BCUT2D eigenvalue weighted by molar-refractivity contribution is 0.0836. The van der Waals surface area contributed by atoms with Gasteiger partial charge in [-0.05, 0) is 50.6 Å². The van der Waals surface area contributed by atoms with Gasteiger partial charge in [-0.25, -0.2) is 0 Å². The van der Waals surface area contributed by atoms with Crippen LogP contribution in [-0.2, 0) is 0 Å². The molecule has 0 amide bonds. The van der Waals surface area contributed by atoms with Crippen LogP contribution in [0.15, 0.2) is 18.2 Å². The first-order chi connectivity index (χ1) is 9.67. The molecule has 0 bridgehead atoms. The van der Waals surface area contributed by atoms with E-state index in [9.17, 15) is 9.90 Å². The molecule has 2 rings (SSSR count). The largest absolute Gasteiger partial charge is 0.504 e. The van der Waals surface area contributed by atoms with E-state index < -0.39 is 0 Å². The quantitative estimate of drug-likeness (QED) is 0.812. The summed E-state index contributed by atoms with van der Waals surface area (Å²) in [5, 5.41) is 9.83. The van der Waals surface area contributed by atoms with Gasteiger partial charge in [-0.3, -0.25) is 9.69 Å². The molecular formula is C16H23NO3. The van der Waals surface area contributed by atoms with Gasteiger partial charge >= 0.3 is 0 Å². The van der Waals surface area contributed by atoms with Crippen LogP contribution < -0.4 is 4.74 Å². The fourth-order valence-corrected chi connectivity index (χ4v) is 2.84. The van der Waals surface area contributed by atoms with E-state index in [2.05, 4.69) is 11.8 Å². The number of methoxy groups -OCH3 is 1. The Bertz CT molecular complexity index is 467. The number of hydrogen-bond acceptors (Lipinski definition) is 4. The monoisotopic (exact) mass is 277 g/mol. The average molecular weight is 277 g/mol. The molecule has 1 heterocycles. The van der Waals surface area contributed by atoms with Gasteiger partial charge in [0.1, 0.15) is 0 Å². The maximum atomic E-state index is 12.7. The maximum Gasteiger partial charge on any atom is 0.180 e. The highest BCUT2D eigenvalue weighted by molar-refractivity contribution is 6.00. The smallest absolute Gasteiger partial charge is 0.180 e. The van der Waals surface area contributed by atoms with E-state index in [-0.39, 0.29) is 17.6 Å². The molecule has 0 saturated carbocycles. The SMILES string of the molecule is CCCC(C(=O)c1ccc(OC)c(O)c1)N1CCCC1. The normalized spacial score (nSPS) is 17.1. The predicted molar refractivity (Wildman–Crippen MR) is 78.5 cm³/mol. The molecule has 1 aliphatic heterocycles. The van der Waals surface area contributed by atoms with Crippen molar-refractivity contribution in [2.45, 2.75) is 38.6 Å². The number of carbonyl (C=O) groups excluding carboxylic acids is 1. The minimum atomic E-state index is -0.0599. The Morgan fingerprint density at radius 3 is 2.65 bits per heavy atom. The zero-order valence-corrected chi connectivity index (χ0v) is 12.3. The van der Waals surface area contributed by atoms with E-state index in [1.54, 1.807) is 12.1 Å². The summed E-state index contributed by atoms with van der Waals surface area (Å²) in [6.45, 7) is 4.10. The van der Waals surface area contributed by atoms with Crippen molar-refractivity contribution in [3.8, 4) is 11.5 Å². The van der Waals surface area contributed by atoms with Crippen molar-refractivity contribution in [2.24, 2.45) is 0 Å². The molecule has 4 nitrogen and oxygen atoms in total.